The molecule has 162 valence electrons. The number of para-hydroxylation sites is 2. The van der Waals surface area contributed by atoms with Crippen molar-refractivity contribution < 1.29 is 19.1 Å². The van der Waals surface area contributed by atoms with E-state index >= 15 is 0 Å². The normalized spacial score (nSPS) is 11.5. The number of amides is 2. The van der Waals surface area contributed by atoms with E-state index in [4.69, 9.17) is 9.47 Å². The standard InChI is InChI=1S/C23H29BrN2O4/c1-4-5-14-25-23(28)17(2)26(15-18-10-12-19(24)13-11-18)22(27)16-30-21-9-7-6-8-20(21)29-3/h6-13,17H,4-5,14-16H2,1-3H3,(H,25,28). The van der Waals surface area contributed by atoms with E-state index in [0.29, 0.717) is 24.6 Å². The molecule has 30 heavy (non-hydrogen) atoms. The Morgan fingerprint density at radius 2 is 1.77 bits per heavy atom. The van der Waals surface area contributed by atoms with Gasteiger partial charge in [0.25, 0.3) is 5.91 Å². The lowest BCUT2D eigenvalue weighted by Crippen LogP contribution is -2.49. The third-order valence-corrected chi connectivity index (χ3v) is 5.21. The van der Waals surface area contributed by atoms with E-state index in [0.717, 1.165) is 22.9 Å². The van der Waals surface area contributed by atoms with Crippen LogP contribution in [0.4, 0.5) is 0 Å². The SMILES string of the molecule is CCCCNC(=O)C(C)N(Cc1ccc(Br)cc1)C(=O)COc1ccccc1OC. The summed E-state index contributed by atoms with van der Waals surface area (Å²) in [4.78, 5) is 27.2. The Balaban J connectivity index is 2.13. The molecule has 0 fully saturated rings. The van der Waals surface area contributed by atoms with E-state index in [1.165, 1.54) is 0 Å². The molecule has 0 aliphatic heterocycles. The fraction of sp³-hybridized carbons (Fsp3) is 0.391. The number of nitrogens with zero attached hydrogens (tertiary/aromatic N) is 1. The topological polar surface area (TPSA) is 67.9 Å². The number of rotatable bonds is 11. The van der Waals surface area contributed by atoms with Crippen LogP contribution in [-0.4, -0.2) is 43.0 Å². The molecular formula is C23H29BrN2O4. The summed E-state index contributed by atoms with van der Waals surface area (Å²) in [6, 6.07) is 14.2. The quantitative estimate of drug-likeness (QED) is 0.494. The summed E-state index contributed by atoms with van der Waals surface area (Å²) in [7, 11) is 1.55. The third kappa shape index (κ3) is 7.06. The molecule has 1 atom stereocenters. The monoisotopic (exact) mass is 476 g/mol. The molecule has 2 aromatic rings. The molecule has 0 aromatic heterocycles. The van der Waals surface area contributed by atoms with Gasteiger partial charge in [0.2, 0.25) is 5.91 Å². The van der Waals surface area contributed by atoms with Gasteiger partial charge in [0.15, 0.2) is 18.1 Å². The van der Waals surface area contributed by atoms with Gasteiger partial charge >= 0.3 is 0 Å². The Morgan fingerprint density at radius 3 is 2.40 bits per heavy atom. The maximum absolute atomic E-state index is 13.0. The maximum Gasteiger partial charge on any atom is 0.261 e. The summed E-state index contributed by atoms with van der Waals surface area (Å²) in [6.07, 6.45) is 1.89. The van der Waals surface area contributed by atoms with Gasteiger partial charge in [-0.3, -0.25) is 9.59 Å². The lowest BCUT2D eigenvalue weighted by atomic mass is 10.1. The smallest absolute Gasteiger partial charge is 0.261 e. The van der Waals surface area contributed by atoms with Crippen LogP contribution in [-0.2, 0) is 16.1 Å². The Kier molecular flexibility index (Phi) is 9.67. The van der Waals surface area contributed by atoms with Crippen LogP contribution in [0.5, 0.6) is 11.5 Å². The average Bonchev–Trinajstić information content (AvgIpc) is 2.76. The highest BCUT2D eigenvalue weighted by Gasteiger charge is 2.26. The van der Waals surface area contributed by atoms with E-state index in [1.807, 2.05) is 36.4 Å². The second-order valence-corrected chi connectivity index (χ2v) is 7.82. The Hall–Kier alpha value is -2.54. The van der Waals surface area contributed by atoms with E-state index in [2.05, 4.69) is 28.2 Å². The van der Waals surface area contributed by atoms with Crippen molar-refractivity contribution >= 4 is 27.7 Å². The number of nitrogens with one attached hydrogen (secondary N) is 1. The van der Waals surface area contributed by atoms with Crippen LogP contribution in [0.15, 0.2) is 53.0 Å². The summed E-state index contributed by atoms with van der Waals surface area (Å²) in [5, 5.41) is 2.90. The molecule has 0 saturated heterocycles. The zero-order chi connectivity index (χ0) is 21.9. The molecule has 2 rings (SSSR count). The molecule has 0 radical (unpaired) electrons. The van der Waals surface area contributed by atoms with E-state index in [1.54, 1.807) is 31.1 Å². The van der Waals surface area contributed by atoms with Crippen LogP contribution >= 0.6 is 15.9 Å². The summed E-state index contributed by atoms with van der Waals surface area (Å²) < 4.78 is 11.9. The van der Waals surface area contributed by atoms with Crippen LogP contribution in [0.25, 0.3) is 0 Å². The number of carbonyl (C=O) groups excluding carboxylic acids is 2. The van der Waals surface area contributed by atoms with Crippen molar-refractivity contribution in [3.8, 4) is 11.5 Å². The van der Waals surface area contributed by atoms with E-state index < -0.39 is 6.04 Å². The van der Waals surface area contributed by atoms with Gasteiger partial charge in [0.1, 0.15) is 6.04 Å². The molecule has 0 saturated carbocycles. The lowest BCUT2D eigenvalue weighted by molar-refractivity contribution is -0.142. The van der Waals surface area contributed by atoms with Crippen molar-refractivity contribution in [1.82, 2.24) is 10.2 Å². The molecule has 0 heterocycles. The Morgan fingerprint density at radius 1 is 1.10 bits per heavy atom. The van der Waals surface area contributed by atoms with Crippen LogP contribution in [0.1, 0.15) is 32.3 Å². The van der Waals surface area contributed by atoms with Crippen LogP contribution < -0.4 is 14.8 Å². The van der Waals surface area contributed by atoms with Gasteiger partial charge in [0, 0.05) is 17.6 Å². The number of benzene rings is 2. The predicted molar refractivity (Wildman–Crippen MR) is 121 cm³/mol. The Labute approximate surface area is 186 Å². The molecule has 6 nitrogen and oxygen atoms in total. The number of unbranched alkanes of at least 4 members (excludes halogenated alkanes) is 1. The first-order valence-electron chi connectivity index (χ1n) is 10.0. The number of hydrogen-bond donors (Lipinski definition) is 1. The van der Waals surface area contributed by atoms with Crippen molar-refractivity contribution in [3.63, 3.8) is 0 Å². The number of hydrogen-bond acceptors (Lipinski definition) is 4. The van der Waals surface area contributed by atoms with Gasteiger partial charge in [-0.25, -0.2) is 0 Å². The fourth-order valence-corrected chi connectivity index (χ4v) is 3.13. The number of carbonyl (C=O) groups is 2. The zero-order valence-corrected chi connectivity index (χ0v) is 19.3. The van der Waals surface area contributed by atoms with Crippen LogP contribution in [0, 0.1) is 0 Å². The van der Waals surface area contributed by atoms with Crippen molar-refractivity contribution in [1.29, 1.82) is 0 Å². The van der Waals surface area contributed by atoms with E-state index in [-0.39, 0.29) is 18.4 Å². The minimum Gasteiger partial charge on any atom is -0.493 e. The number of ether oxygens (including phenoxy) is 2. The van der Waals surface area contributed by atoms with Gasteiger partial charge in [-0.2, -0.15) is 0 Å². The average molecular weight is 477 g/mol. The molecule has 0 bridgehead atoms. The van der Waals surface area contributed by atoms with Crippen molar-refractivity contribution in [2.75, 3.05) is 20.3 Å². The van der Waals surface area contributed by atoms with E-state index in [9.17, 15) is 9.59 Å². The highest BCUT2D eigenvalue weighted by Crippen LogP contribution is 2.26. The largest absolute Gasteiger partial charge is 0.493 e. The van der Waals surface area contributed by atoms with Crippen molar-refractivity contribution in [2.45, 2.75) is 39.3 Å². The second-order valence-electron chi connectivity index (χ2n) is 6.91. The van der Waals surface area contributed by atoms with Crippen molar-refractivity contribution in [3.05, 3.63) is 58.6 Å². The first-order valence-corrected chi connectivity index (χ1v) is 10.8. The fourth-order valence-electron chi connectivity index (χ4n) is 2.87. The molecule has 2 aromatic carbocycles. The maximum atomic E-state index is 13.0. The van der Waals surface area contributed by atoms with Crippen LogP contribution in [0.2, 0.25) is 0 Å². The van der Waals surface area contributed by atoms with Gasteiger partial charge in [-0.05, 0) is 43.2 Å². The highest BCUT2D eigenvalue weighted by atomic mass is 79.9. The summed E-state index contributed by atoms with van der Waals surface area (Å²) in [5.74, 6) is 0.584. The van der Waals surface area contributed by atoms with Crippen molar-refractivity contribution in [2.24, 2.45) is 0 Å². The third-order valence-electron chi connectivity index (χ3n) is 4.68. The van der Waals surface area contributed by atoms with Gasteiger partial charge in [-0.1, -0.05) is 53.5 Å². The molecule has 7 heteroatoms. The lowest BCUT2D eigenvalue weighted by Gasteiger charge is -2.29. The number of methoxy groups -OCH3 is 1. The first kappa shape index (κ1) is 23.7. The molecule has 2 amide bonds. The molecule has 1 unspecified atom stereocenters. The summed E-state index contributed by atoms with van der Waals surface area (Å²) >= 11 is 3.42. The molecular weight excluding hydrogens is 448 g/mol. The summed E-state index contributed by atoms with van der Waals surface area (Å²) in [6.45, 7) is 4.51. The predicted octanol–water partition coefficient (Wildman–Crippen LogP) is 4.17. The van der Waals surface area contributed by atoms with Gasteiger partial charge < -0.3 is 19.7 Å². The minimum atomic E-state index is -0.626. The summed E-state index contributed by atoms with van der Waals surface area (Å²) in [5.41, 5.74) is 0.928. The number of halogens is 1. The van der Waals surface area contributed by atoms with Crippen LogP contribution in [0.3, 0.4) is 0 Å². The molecule has 1 N–H and O–H groups in total. The van der Waals surface area contributed by atoms with Gasteiger partial charge in [0.05, 0.1) is 7.11 Å². The molecule has 0 aliphatic rings. The molecule has 0 aliphatic carbocycles. The Bertz CT molecular complexity index is 826. The minimum absolute atomic E-state index is 0.175. The highest BCUT2D eigenvalue weighted by molar-refractivity contribution is 9.10. The molecule has 0 spiro atoms. The second kappa shape index (κ2) is 12.2. The van der Waals surface area contributed by atoms with Gasteiger partial charge in [-0.15, -0.1) is 0 Å². The zero-order valence-electron chi connectivity index (χ0n) is 17.7. The first-order chi connectivity index (χ1) is 14.5.